The maximum atomic E-state index is 12.8. The zero-order valence-electron chi connectivity index (χ0n) is 14.6. The third-order valence-corrected chi connectivity index (χ3v) is 4.64. The van der Waals surface area contributed by atoms with Gasteiger partial charge in [-0.15, -0.1) is 0 Å². The van der Waals surface area contributed by atoms with Gasteiger partial charge in [0.15, 0.2) is 0 Å². The van der Waals surface area contributed by atoms with Crippen molar-refractivity contribution in [3.05, 3.63) is 63.9 Å². The number of methoxy groups -OCH3 is 1. The van der Waals surface area contributed by atoms with Crippen LogP contribution in [0.15, 0.2) is 54.7 Å². The van der Waals surface area contributed by atoms with Crippen LogP contribution in [0.4, 0.5) is 5.69 Å². The number of nitriles is 1. The number of carbonyl (C=O) groups is 1. The lowest BCUT2D eigenvalue weighted by atomic mass is 10.1. The van der Waals surface area contributed by atoms with E-state index >= 15 is 0 Å². The second-order valence-electron chi connectivity index (χ2n) is 5.75. The number of rotatable bonds is 6. The second-order valence-corrected chi connectivity index (χ2v) is 7.00. The molecule has 1 amide bonds. The summed E-state index contributed by atoms with van der Waals surface area (Å²) in [4.78, 5) is 12.8. The highest BCUT2D eigenvalue weighted by Crippen LogP contribution is 2.25. The largest absolute Gasteiger partial charge is 0.497 e. The van der Waals surface area contributed by atoms with Crippen LogP contribution in [0.25, 0.3) is 11.3 Å². The molecule has 1 N–H and O–H groups in total. The van der Waals surface area contributed by atoms with Gasteiger partial charge in [0.05, 0.1) is 31.7 Å². The van der Waals surface area contributed by atoms with Crippen molar-refractivity contribution in [3.63, 3.8) is 0 Å². The molecule has 0 saturated heterocycles. The van der Waals surface area contributed by atoms with Gasteiger partial charge in [0.1, 0.15) is 11.4 Å². The smallest absolute Gasteiger partial charge is 0.259 e. The van der Waals surface area contributed by atoms with Crippen molar-refractivity contribution < 1.29 is 9.53 Å². The number of anilines is 1. The van der Waals surface area contributed by atoms with Crippen LogP contribution in [0.3, 0.4) is 0 Å². The van der Waals surface area contributed by atoms with Gasteiger partial charge in [0.2, 0.25) is 0 Å². The average Bonchev–Trinajstić information content (AvgIpc) is 3.12. The summed E-state index contributed by atoms with van der Waals surface area (Å²) in [5.74, 6) is 0.484. The second kappa shape index (κ2) is 8.68. The molecule has 1 heterocycles. The number of ether oxygens (including phenoxy) is 1. The van der Waals surface area contributed by atoms with E-state index in [1.165, 1.54) is 0 Å². The van der Waals surface area contributed by atoms with Gasteiger partial charge < -0.3 is 10.1 Å². The molecule has 3 aromatic rings. The predicted molar refractivity (Wildman–Crippen MR) is 112 cm³/mol. The Kier molecular flexibility index (Phi) is 6.08. The van der Waals surface area contributed by atoms with Gasteiger partial charge in [-0.05, 0) is 71.1 Å². The number of nitrogens with zero attached hydrogens (tertiary/aromatic N) is 3. The summed E-state index contributed by atoms with van der Waals surface area (Å²) in [6.45, 7) is 0.427. The molecule has 136 valence electrons. The van der Waals surface area contributed by atoms with Crippen LogP contribution in [0.1, 0.15) is 16.8 Å². The molecule has 2 aromatic carbocycles. The summed E-state index contributed by atoms with van der Waals surface area (Å²) in [5.41, 5.74) is 2.54. The molecular weight excluding hydrogens is 455 g/mol. The fourth-order valence-corrected chi connectivity index (χ4v) is 2.92. The van der Waals surface area contributed by atoms with E-state index in [1.807, 2.05) is 48.5 Å². The number of amides is 1. The normalized spacial score (nSPS) is 10.3. The predicted octanol–water partition coefficient (Wildman–Crippen LogP) is 4.33. The van der Waals surface area contributed by atoms with Crippen molar-refractivity contribution in [1.29, 1.82) is 5.26 Å². The molecule has 3 rings (SSSR count). The van der Waals surface area contributed by atoms with Crippen LogP contribution in [0.5, 0.6) is 5.75 Å². The van der Waals surface area contributed by atoms with Crippen molar-refractivity contribution in [3.8, 4) is 23.1 Å². The average molecular weight is 472 g/mol. The Labute approximate surface area is 170 Å². The van der Waals surface area contributed by atoms with E-state index in [-0.39, 0.29) is 5.91 Å². The lowest BCUT2D eigenvalue weighted by molar-refractivity contribution is 0.102. The van der Waals surface area contributed by atoms with Crippen LogP contribution in [-0.2, 0) is 6.54 Å². The summed E-state index contributed by atoms with van der Waals surface area (Å²) >= 11 is 2.21. The minimum Gasteiger partial charge on any atom is -0.497 e. The van der Waals surface area contributed by atoms with Crippen molar-refractivity contribution in [2.45, 2.75) is 13.0 Å². The van der Waals surface area contributed by atoms with Gasteiger partial charge in [-0.25, -0.2) is 0 Å². The van der Waals surface area contributed by atoms with Crippen LogP contribution in [0, 0.1) is 14.9 Å². The number of aromatic nitrogens is 2. The Hall–Kier alpha value is -2.86. The van der Waals surface area contributed by atoms with Crippen LogP contribution >= 0.6 is 22.6 Å². The zero-order chi connectivity index (χ0) is 19.2. The van der Waals surface area contributed by atoms with E-state index in [0.29, 0.717) is 29.9 Å². The van der Waals surface area contributed by atoms with Crippen molar-refractivity contribution in [2.75, 3.05) is 12.4 Å². The minimum absolute atomic E-state index is 0.245. The fraction of sp³-hybridized carbons (Fsp3) is 0.150. The first-order valence-corrected chi connectivity index (χ1v) is 9.34. The first-order chi connectivity index (χ1) is 13.1. The Bertz CT molecular complexity index is 973. The highest BCUT2D eigenvalue weighted by molar-refractivity contribution is 14.1. The highest BCUT2D eigenvalue weighted by atomic mass is 127. The number of hydrogen-bond donors (Lipinski definition) is 1. The van der Waals surface area contributed by atoms with Gasteiger partial charge >= 0.3 is 0 Å². The molecule has 27 heavy (non-hydrogen) atoms. The van der Waals surface area contributed by atoms with Crippen LogP contribution in [0.2, 0.25) is 0 Å². The molecule has 7 heteroatoms. The fourth-order valence-electron chi connectivity index (χ4n) is 2.56. The number of benzene rings is 2. The van der Waals surface area contributed by atoms with Crippen molar-refractivity contribution in [2.24, 2.45) is 0 Å². The van der Waals surface area contributed by atoms with Crippen molar-refractivity contribution >= 4 is 34.2 Å². The number of halogens is 1. The maximum Gasteiger partial charge on any atom is 0.259 e. The van der Waals surface area contributed by atoms with Gasteiger partial charge in [-0.2, -0.15) is 10.4 Å². The van der Waals surface area contributed by atoms with Crippen LogP contribution < -0.4 is 10.1 Å². The van der Waals surface area contributed by atoms with E-state index < -0.39 is 0 Å². The molecule has 0 spiro atoms. The topological polar surface area (TPSA) is 79.9 Å². The van der Waals surface area contributed by atoms with E-state index in [0.717, 1.165) is 14.9 Å². The summed E-state index contributed by atoms with van der Waals surface area (Å²) in [5, 5.41) is 16.2. The van der Waals surface area contributed by atoms with E-state index in [4.69, 9.17) is 10.00 Å². The Balaban J connectivity index is 1.93. The molecule has 6 nitrogen and oxygen atoms in total. The molecule has 0 radical (unpaired) electrons. The Morgan fingerprint density at radius 2 is 1.93 bits per heavy atom. The number of hydrogen-bond acceptors (Lipinski definition) is 4. The first-order valence-electron chi connectivity index (χ1n) is 8.26. The molecular formula is C20H17IN4O2. The third kappa shape index (κ3) is 4.65. The summed E-state index contributed by atoms with van der Waals surface area (Å²) in [6, 6.07) is 17.0. The molecule has 0 fully saturated rings. The van der Waals surface area contributed by atoms with Gasteiger partial charge in [-0.3, -0.25) is 9.48 Å². The lowest BCUT2D eigenvalue weighted by Gasteiger charge is -2.06. The third-order valence-electron chi connectivity index (χ3n) is 3.92. The highest BCUT2D eigenvalue weighted by Gasteiger charge is 2.18. The van der Waals surface area contributed by atoms with E-state index in [2.05, 4.69) is 39.1 Å². The lowest BCUT2D eigenvalue weighted by Crippen LogP contribution is -2.12. The monoisotopic (exact) mass is 472 g/mol. The molecule has 1 aromatic heterocycles. The molecule has 0 aliphatic rings. The van der Waals surface area contributed by atoms with E-state index in [9.17, 15) is 4.79 Å². The number of aryl methyl sites for hydroxylation is 1. The van der Waals surface area contributed by atoms with Crippen molar-refractivity contribution in [1.82, 2.24) is 9.78 Å². The Morgan fingerprint density at radius 3 is 2.56 bits per heavy atom. The quantitative estimate of drug-likeness (QED) is 0.542. The van der Waals surface area contributed by atoms with Crippen LogP contribution in [-0.4, -0.2) is 22.8 Å². The van der Waals surface area contributed by atoms with Gasteiger partial charge in [-0.1, -0.05) is 0 Å². The molecule has 0 atom stereocenters. The first kappa shape index (κ1) is 18.9. The SMILES string of the molecule is COc1ccc(-c2nn(CCC#N)cc2C(=O)Nc2ccc(I)cc2)cc1. The molecule has 0 aliphatic carbocycles. The summed E-state index contributed by atoms with van der Waals surface area (Å²) in [7, 11) is 1.60. The zero-order valence-corrected chi connectivity index (χ0v) is 16.8. The van der Waals surface area contributed by atoms with Gasteiger partial charge in [0.25, 0.3) is 5.91 Å². The summed E-state index contributed by atoms with van der Waals surface area (Å²) in [6.07, 6.45) is 2.00. The van der Waals surface area contributed by atoms with Gasteiger partial charge in [0, 0.05) is 21.0 Å². The molecule has 0 aliphatic heterocycles. The molecule has 0 saturated carbocycles. The molecule has 0 bridgehead atoms. The summed E-state index contributed by atoms with van der Waals surface area (Å²) < 4.78 is 7.91. The Morgan fingerprint density at radius 1 is 1.22 bits per heavy atom. The molecule has 0 unspecified atom stereocenters. The number of nitrogens with one attached hydrogen (secondary N) is 1. The number of carbonyl (C=O) groups excluding carboxylic acids is 1. The van der Waals surface area contributed by atoms with E-state index in [1.54, 1.807) is 18.0 Å². The minimum atomic E-state index is -0.245. The standard InChI is InChI=1S/C20H17IN4O2/c1-27-17-9-3-14(4-10-17)19-18(13-25(24-19)12-2-11-22)20(26)23-16-7-5-15(21)6-8-16/h3-10,13H,2,12H2,1H3,(H,23,26). The maximum absolute atomic E-state index is 12.8.